The van der Waals surface area contributed by atoms with E-state index in [-0.39, 0.29) is 6.61 Å². The van der Waals surface area contributed by atoms with Gasteiger partial charge in [0, 0.05) is 0 Å². The summed E-state index contributed by atoms with van der Waals surface area (Å²) in [6.45, 7) is 2.49. The lowest BCUT2D eigenvalue weighted by Gasteiger charge is -2.26. The fourth-order valence-electron chi connectivity index (χ4n) is 3.14. The molecule has 0 amide bonds. The molecule has 0 aromatic heterocycles. The van der Waals surface area contributed by atoms with Crippen molar-refractivity contribution < 1.29 is 5.11 Å². The third-order valence-electron chi connectivity index (χ3n) is 4.37. The van der Waals surface area contributed by atoms with E-state index < -0.39 is 0 Å². The summed E-state index contributed by atoms with van der Waals surface area (Å²) in [5, 5.41) is 8.77. The maximum absolute atomic E-state index is 8.77. The van der Waals surface area contributed by atoms with Gasteiger partial charge in [0.25, 0.3) is 0 Å². The van der Waals surface area contributed by atoms with Crippen molar-refractivity contribution in [3.05, 3.63) is 12.2 Å². The van der Waals surface area contributed by atoms with Crippen molar-refractivity contribution in [2.24, 2.45) is 11.8 Å². The number of allylic oxidation sites excluding steroid dienone is 1. The van der Waals surface area contributed by atoms with Gasteiger partial charge in [-0.25, -0.2) is 0 Å². The molecule has 1 aliphatic rings. The second kappa shape index (κ2) is 10.6. The standard InChI is InChI=1S/C17H32O/c1-2-3-4-5-6-7-9-16-11-13-17(14-12-16)10-8-15-18/h8,10,16-18H,2-7,9,11-15H2,1H3. The van der Waals surface area contributed by atoms with E-state index in [1.54, 1.807) is 0 Å². The van der Waals surface area contributed by atoms with Gasteiger partial charge in [0.05, 0.1) is 6.61 Å². The minimum atomic E-state index is 0.206. The fraction of sp³-hybridized carbons (Fsp3) is 0.882. The Labute approximate surface area is 114 Å². The monoisotopic (exact) mass is 252 g/mol. The molecule has 106 valence electrons. The van der Waals surface area contributed by atoms with E-state index in [4.69, 9.17) is 5.11 Å². The zero-order valence-corrected chi connectivity index (χ0v) is 12.2. The summed E-state index contributed by atoms with van der Waals surface area (Å²) in [7, 11) is 0. The Bertz CT molecular complexity index is 202. The number of unbranched alkanes of at least 4 members (excludes halogenated alkanes) is 5. The van der Waals surface area contributed by atoms with Crippen LogP contribution in [0.5, 0.6) is 0 Å². The van der Waals surface area contributed by atoms with E-state index in [9.17, 15) is 0 Å². The highest BCUT2D eigenvalue weighted by Gasteiger charge is 2.18. The molecule has 0 radical (unpaired) electrons. The lowest BCUT2D eigenvalue weighted by Crippen LogP contribution is -2.13. The molecule has 0 aliphatic heterocycles. The molecule has 0 aromatic carbocycles. The van der Waals surface area contributed by atoms with Gasteiger partial charge in [0.1, 0.15) is 0 Å². The van der Waals surface area contributed by atoms with Crippen LogP contribution >= 0.6 is 0 Å². The molecule has 1 rings (SSSR count). The van der Waals surface area contributed by atoms with Gasteiger partial charge in [-0.05, 0) is 37.5 Å². The summed E-state index contributed by atoms with van der Waals surface area (Å²) in [4.78, 5) is 0. The Morgan fingerprint density at radius 3 is 2.28 bits per heavy atom. The quantitative estimate of drug-likeness (QED) is 0.447. The zero-order chi connectivity index (χ0) is 13.1. The van der Waals surface area contributed by atoms with Gasteiger partial charge >= 0.3 is 0 Å². The van der Waals surface area contributed by atoms with E-state index >= 15 is 0 Å². The van der Waals surface area contributed by atoms with Gasteiger partial charge in [-0.3, -0.25) is 0 Å². The third-order valence-corrected chi connectivity index (χ3v) is 4.37. The van der Waals surface area contributed by atoms with Gasteiger partial charge in [-0.2, -0.15) is 0 Å². The van der Waals surface area contributed by atoms with Crippen molar-refractivity contribution in [2.45, 2.75) is 77.6 Å². The van der Waals surface area contributed by atoms with Crippen LogP contribution in [-0.2, 0) is 0 Å². The normalized spacial score (nSPS) is 24.8. The second-order valence-electron chi connectivity index (χ2n) is 5.95. The lowest BCUT2D eigenvalue weighted by molar-refractivity contribution is 0.286. The highest BCUT2D eigenvalue weighted by atomic mass is 16.2. The van der Waals surface area contributed by atoms with E-state index in [0.29, 0.717) is 0 Å². The lowest BCUT2D eigenvalue weighted by atomic mass is 9.79. The van der Waals surface area contributed by atoms with Crippen LogP contribution in [0.3, 0.4) is 0 Å². The molecule has 0 atom stereocenters. The number of hydrogen-bond donors (Lipinski definition) is 1. The predicted molar refractivity (Wildman–Crippen MR) is 79.7 cm³/mol. The SMILES string of the molecule is CCCCCCCCC1CCC(C=CCO)CC1. The van der Waals surface area contributed by atoms with Crippen LogP contribution in [0, 0.1) is 11.8 Å². The topological polar surface area (TPSA) is 20.2 Å². The summed E-state index contributed by atoms with van der Waals surface area (Å²) in [5.41, 5.74) is 0. The van der Waals surface area contributed by atoms with Gasteiger partial charge in [0.2, 0.25) is 0 Å². The second-order valence-corrected chi connectivity index (χ2v) is 5.95. The summed E-state index contributed by atoms with van der Waals surface area (Å²) in [6.07, 6.45) is 19.7. The fourth-order valence-corrected chi connectivity index (χ4v) is 3.14. The Kier molecular flexibility index (Phi) is 9.28. The molecule has 1 saturated carbocycles. The summed E-state index contributed by atoms with van der Waals surface area (Å²) in [6, 6.07) is 0. The van der Waals surface area contributed by atoms with E-state index in [0.717, 1.165) is 11.8 Å². The van der Waals surface area contributed by atoms with Crippen molar-refractivity contribution in [2.75, 3.05) is 6.61 Å². The van der Waals surface area contributed by atoms with Gasteiger partial charge in [-0.15, -0.1) is 0 Å². The highest BCUT2D eigenvalue weighted by molar-refractivity contribution is 4.90. The molecular weight excluding hydrogens is 220 g/mol. The van der Waals surface area contributed by atoms with Gasteiger partial charge in [-0.1, -0.05) is 64.0 Å². The van der Waals surface area contributed by atoms with Crippen LogP contribution in [-0.4, -0.2) is 11.7 Å². The van der Waals surface area contributed by atoms with Crippen molar-refractivity contribution in [1.82, 2.24) is 0 Å². The Hall–Kier alpha value is -0.300. The maximum Gasteiger partial charge on any atom is 0.0612 e. The first-order valence-electron chi connectivity index (χ1n) is 8.14. The van der Waals surface area contributed by atoms with E-state index in [2.05, 4.69) is 13.0 Å². The first-order chi connectivity index (χ1) is 8.86. The molecule has 0 spiro atoms. The molecule has 1 aliphatic carbocycles. The van der Waals surface area contributed by atoms with Crippen LogP contribution in [0.1, 0.15) is 77.6 Å². The van der Waals surface area contributed by atoms with Crippen molar-refractivity contribution in [3.63, 3.8) is 0 Å². The molecule has 0 saturated heterocycles. The minimum absolute atomic E-state index is 0.206. The van der Waals surface area contributed by atoms with Crippen molar-refractivity contribution in [1.29, 1.82) is 0 Å². The molecule has 0 unspecified atom stereocenters. The Morgan fingerprint density at radius 2 is 1.61 bits per heavy atom. The molecule has 0 bridgehead atoms. The third kappa shape index (κ3) is 7.20. The predicted octanol–water partition coefficient (Wildman–Crippen LogP) is 5.09. The number of aliphatic hydroxyl groups excluding tert-OH is 1. The number of rotatable bonds is 9. The van der Waals surface area contributed by atoms with Crippen LogP contribution < -0.4 is 0 Å². The number of hydrogen-bond acceptors (Lipinski definition) is 1. The highest BCUT2D eigenvalue weighted by Crippen LogP contribution is 2.32. The molecular formula is C17H32O. The van der Waals surface area contributed by atoms with Crippen LogP contribution in [0.4, 0.5) is 0 Å². The van der Waals surface area contributed by atoms with Crippen LogP contribution in [0.2, 0.25) is 0 Å². The summed E-state index contributed by atoms with van der Waals surface area (Å²) < 4.78 is 0. The molecule has 1 N–H and O–H groups in total. The van der Waals surface area contributed by atoms with Crippen LogP contribution in [0.25, 0.3) is 0 Å². The molecule has 1 fully saturated rings. The molecule has 0 heterocycles. The first kappa shape index (κ1) is 15.8. The summed E-state index contributed by atoms with van der Waals surface area (Å²) >= 11 is 0. The van der Waals surface area contributed by atoms with E-state index in [1.807, 2.05) is 6.08 Å². The van der Waals surface area contributed by atoms with Crippen LogP contribution in [0.15, 0.2) is 12.2 Å². The van der Waals surface area contributed by atoms with Gasteiger partial charge < -0.3 is 5.11 Å². The van der Waals surface area contributed by atoms with Crippen molar-refractivity contribution in [3.8, 4) is 0 Å². The zero-order valence-electron chi connectivity index (χ0n) is 12.2. The molecule has 0 aromatic rings. The molecule has 1 nitrogen and oxygen atoms in total. The molecule has 1 heteroatoms. The average Bonchev–Trinajstić information content (AvgIpc) is 2.42. The average molecular weight is 252 g/mol. The molecule has 18 heavy (non-hydrogen) atoms. The largest absolute Gasteiger partial charge is 0.392 e. The Morgan fingerprint density at radius 1 is 0.944 bits per heavy atom. The smallest absolute Gasteiger partial charge is 0.0612 e. The summed E-state index contributed by atoms with van der Waals surface area (Å²) in [5.74, 6) is 1.74. The van der Waals surface area contributed by atoms with E-state index in [1.165, 1.54) is 70.6 Å². The minimum Gasteiger partial charge on any atom is -0.392 e. The van der Waals surface area contributed by atoms with Crippen molar-refractivity contribution >= 4 is 0 Å². The van der Waals surface area contributed by atoms with Gasteiger partial charge in [0.15, 0.2) is 0 Å². The first-order valence-corrected chi connectivity index (χ1v) is 8.14. The Balaban J connectivity index is 1.97. The number of aliphatic hydroxyl groups is 1. The maximum atomic E-state index is 8.77.